The van der Waals surface area contributed by atoms with Crippen molar-refractivity contribution in [3.8, 4) is 0 Å². The number of hydrogen-bond donors (Lipinski definition) is 13. The van der Waals surface area contributed by atoms with Crippen LogP contribution in [0.5, 0.6) is 0 Å². The number of nitrogens with zero attached hydrogens (tertiary/aromatic N) is 1. The monoisotopic (exact) mass is 1070 g/mol. The molecule has 2 heterocycles. The Morgan fingerprint density at radius 2 is 1.12 bits per heavy atom. The van der Waals surface area contributed by atoms with Crippen molar-refractivity contribution in [1.29, 1.82) is 0 Å². The number of carbonyl (C=O) groups excluding carboxylic acids is 8. The summed E-state index contributed by atoms with van der Waals surface area (Å²) < 4.78 is 0. The number of nitrogens with one attached hydrogen (secondary N) is 10. The molecular weight excluding hydrogens is 997 g/mol. The molecule has 24 nitrogen and oxygen atoms in total. The number of aromatic nitrogens is 3. The van der Waals surface area contributed by atoms with Crippen LogP contribution in [0.2, 0.25) is 0 Å². The summed E-state index contributed by atoms with van der Waals surface area (Å²) in [6.45, 7) is 11.4. The molecule has 0 bridgehead atoms. The van der Waals surface area contributed by atoms with Crippen LogP contribution in [0.4, 0.5) is 0 Å². The highest BCUT2D eigenvalue weighted by Gasteiger charge is 2.34. The minimum absolute atomic E-state index is 0.0309. The van der Waals surface area contributed by atoms with Crippen LogP contribution in [0.1, 0.15) is 91.0 Å². The number of carbonyl (C=O) groups is 10. The molecule has 0 aliphatic carbocycles. The molecular formula is C53H74N12O12. The molecule has 8 atom stereocenters. The van der Waals surface area contributed by atoms with Gasteiger partial charge in [0.15, 0.2) is 0 Å². The number of carboxylic acid groups (broad SMARTS) is 2. The molecule has 0 aliphatic heterocycles. The third-order valence-corrected chi connectivity index (χ3v) is 12.4. The molecule has 0 saturated heterocycles. The number of rotatable bonds is 31. The van der Waals surface area contributed by atoms with Crippen LogP contribution < -0.4 is 48.3 Å². The molecule has 2 aromatic heterocycles. The summed E-state index contributed by atoms with van der Waals surface area (Å²) in [5.74, 6) is -9.38. The van der Waals surface area contributed by atoms with Crippen LogP contribution in [0, 0.1) is 17.8 Å². The first-order valence-electron chi connectivity index (χ1n) is 25.6. The van der Waals surface area contributed by atoms with Gasteiger partial charge in [0.1, 0.15) is 42.3 Å². The topological polar surface area (TPSA) is 378 Å². The van der Waals surface area contributed by atoms with Crippen molar-refractivity contribution < 1.29 is 58.2 Å². The van der Waals surface area contributed by atoms with Crippen molar-refractivity contribution in [2.75, 3.05) is 6.54 Å². The van der Waals surface area contributed by atoms with Crippen molar-refractivity contribution in [3.05, 3.63) is 90.1 Å². The third kappa shape index (κ3) is 20.1. The van der Waals surface area contributed by atoms with Crippen molar-refractivity contribution >= 4 is 70.1 Å². The first-order chi connectivity index (χ1) is 36.4. The lowest BCUT2D eigenvalue weighted by Crippen LogP contribution is -2.59. The van der Waals surface area contributed by atoms with Gasteiger partial charge in [0, 0.05) is 54.7 Å². The number of carboxylic acids is 2. The zero-order valence-corrected chi connectivity index (χ0v) is 44.4. The van der Waals surface area contributed by atoms with Crippen LogP contribution in [-0.4, -0.2) is 139 Å². The van der Waals surface area contributed by atoms with Crippen LogP contribution >= 0.6 is 0 Å². The second-order valence-corrected chi connectivity index (χ2v) is 20.2. The average Bonchev–Trinajstić information content (AvgIpc) is 4.05. The number of H-pyrrole nitrogens is 2. The Labute approximate surface area is 446 Å². The van der Waals surface area contributed by atoms with Gasteiger partial charge >= 0.3 is 11.9 Å². The predicted octanol–water partition coefficient (Wildman–Crippen LogP) is 0.473. The van der Waals surface area contributed by atoms with Crippen LogP contribution in [0.3, 0.4) is 0 Å². The molecule has 14 N–H and O–H groups in total. The van der Waals surface area contributed by atoms with Gasteiger partial charge in [-0.25, -0.2) is 9.78 Å². The largest absolute Gasteiger partial charge is 0.481 e. The van der Waals surface area contributed by atoms with Gasteiger partial charge in [-0.1, -0.05) is 90.1 Å². The van der Waals surface area contributed by atoms with Gasteiger partial charge in [-0.05, 0) is 61.1 Å². The fourth-order valence-corrected chi connectivity index (χ4v) is 8.15. The number of nitrogens with two attached hydrogens (primary N) is 1. The van der Waals surface area contributed by atoms with E-state index >= 15 is 0 Å². The third-order valence-electron chi connectivity index (χ3n) is 12.4. The van der Waals surface area contributed by atoms with E-state index in [1.807, 2.05) is 38.1 Å². The first-order valence-corrected chi connectivity index (χ1v) is 25.6. The van der Waals surface area contributed by atoms with E-state index in [9.17, 15) is 58.2 Å². The second kappa shape index (κ2) is 29.8. The summed E-state index contributed by atoms with van der Waals surface area (Å²) in [4.78, 5) is 143. The van der Waals surface area contributed by atoms with Gasteiger partial charge in [0.2, 0.25) is 47.3 Å². The van der Waals surface area contributed by atoms with Crippen LogP contribution in [0.25, 0.3) is 10.9 Å². The summed E-state index contributed by atoms with van der Waals surface area (Å²) in [6, 6.07) is 5.64. The quantitative estimate of drug-likeness (QED) is 0.0326. The lowest BCUT2D eigenvalue weighted by atomic mass is 9.99. The van der Waals surface area contributed by atoms with Gasteiger partial charge in [0.05, 0.1) is 18.9 Å². The molecule has 418 valence electrons. The number of fused-ring (bicyclic) bond motifs is 1. The maximum Gasteiger partial charge on any atom is 0.326 e. The van der Waals surface area contributed by atoms with Crippen LogP contribution in [-0.2, 0) is 67.2 Å². The summed E-state index contributed by atoms with van der Waals surface area (Å²) in [6.07, 6.45) is 3.44. The minimum atomic E-state index is -1.51. The number of hydrogen-bond acceptors (Lipinski definition) is 12. The predicted molar refractivity (Wildman–Crippen MR) is 283 cm³/mol. The molecule has 0 unspecified atom stereocenters. The molecule has 4 rings (SSSR count). The Morgan fingerprint density at radius 1 is 0.571 bits per heavy atom. The highest BCUT2D eigenvalue weighted by atomic mass is 16.4. The summed E-state index contributed by atoms with van der Waals surface area (Å²) >= 11 is 0. The van der Waals surface area contributed by atoms with Crippen LogP contribution in [0.15, 0.2) is 73.3 Å². The van der Waals surface area contributed by atoms with E-state index in [2.05, 4.69) is 57.5 Å². The normalized spacial score (nSPS) is 14.4. The Morgan fingerprint density at radius 3 is 1.74 bits per heavy atom. The van der Waals surface area contributed by atoms with Crippen molar-refractivity contribution in [1.82, 2.24) is 57.5 Å². The van der Waals surface area contributed by atoms with E-state index in [0.717, 1.165) is 10.9 Å². The maximum absolute atomic E-state index is 14.2. The molecule has 77 heavy (non-hydrogen) atoms. The molecule has 0 spiro atoms. The maximum atomic E-state index is 14.2. The number of aromatic amines is 2. The van der Waals surface area contributed by atoms with Gasteiger partial charge < -0.3 is 68.4 Å². The van der Waals surface area contributed by atoms with Gasteiger partial charge in [-0.3, -0.25) is 43.2 Å². The zero-order chi connectivity index (χ0) is 56.9. The van der Waals surface area contributed by atoms with Crippen molar-refractivity contribution in [3.63, 3.8) is 0 Å². The SMILES string of the molecule is CC(C)C[C@H](NC(=O)[C@H](CCC(=O)O)NC(=O)[C@H](Cc1ccccc1)NC(=O)CNC(=O)[C@H](Cc1cnc[nH]1)NC(=O)[C@H](C)NC(=O)[C@H](Cc1c[nH]c2ccccc12)NC(=O)[C@H](CC(C)C)NC(=O)[C@@H](N)C(C)C)C(=O)O. The highest BCUT2D eigenvalue weighted by Crippen LogP contribution is 2.20. The second-order valence-electron chi connectivity index (χ2n) is 20.2. The molecule has 4 aromatic rings. The molecule has 0 fully saturated rings. The minimum Gasteiger partial charge on any atom is -0.481 e. The van der Waals surface area contributed by atoms with Crippen molar-refractivity contribution in [2.45, 2.75) is 142 Å². The Kier molecular flexibility index (Phi) is 23.8. The zero-order valence-electron chi connectivity index (χ0n) is 44.4. The summed E-state index contributed by atoms with van der Waals surface area (Å²) in [5.41, 5.74) is 8.54. The highest BCUT2D eigenvalue weighted by molar-refractivity contribution is 5.98. The van der Waals surface area contributed by atoms with E-state index in [1.54, 1.807) is 64.2 Å². The fraction of sp³-hybridized carbons (Fsp3) is 0.491. The molecule has 0 aliphatic rings. The summed E-state index contributed by atoms with van der Waals surface area (Å²) in [7, 11) is 0. The average molecular weight is 1070 g/mol. The lowest BCUT2D eigenvalue weighted by molar-refractivity contribution is -0.143. The number of benzene rings is 2. The number of para-hydroxylation sites is 1. The van der Waals surface area contributed by atoms with Gasteiger partial charge in [0.25, 0.3) is 0 Å². The summed E-state index contributed by atoms with van der Waals surface area (Å²) in [5, 5.41) is 40.5. The standard InChI is InChI=1S/C53H74N12O12/c1-28(2)19-38(64-52(75)45(54)30(5)6)50(73)63-40(22-33-24-56-36-16-12-11-15-35(33)36)49(72)59-31(7)46(69)62-41(23-34-25-55-27-58-34)47(70)57-26-43(66)60-39(21-32-13-9-8-10-14-32)51(74)61-37(17-18-44(67)68)48(71)65-42(53(76)77)20-29(3)4/h8-16,24-25,27-31,37-42,45,56H,17-23,26,54H2,1-7H3,(H,55,58)(H,57,70)(H,59,72)(H,60,66)(H,61,74)(H,62,69)(H,63,73)(H,64,75)(H,65,71)(H,67,68)(H,76,77)/t31-,37-,38-,39-,40-,41-,42-,45-/m0/s1. The molecule has 0 radical (unpaired) electrons. The fourth-order valence-electron chi connectivity index (χ4n) is 8.15. The van der Waals surface area contributed by atoms with Gasteiger partial charge in [-0.15, -0.1) is 0 Å². The Balaban J connectivity index is 1.51. The molecule has 8 amide bonds. The van der Waals surface area contributed by atoms with E-state index < -0.39 is 127 Å². The van der Waals surface area contributed by atoms with E-state index in [-0.39, 0.29) is 49.9 Å². The number of aliphatic carboxylic acids is 2. The molecule has 0 saturated carbocycles. The smallest absolute Gasteiger partial charge is 0.326 e. The van der Waals surface area contributed by atoms with E-state index in [0.29, 0.717) is 16.8 Å². The van der Waals surface area contributed by atoms with E-state index in [4.69, 9.17) is 5.73 Å². The van der Waals surface area contributed by atoms with Gasteiger partial charge in [-0.2, -0.15) is 0 Å². The Bertz CT molecular complexity index is 2660. The first kappa shape index (κ1) is 61.4. The molecule has 24 heteroatoms. The number of imidazole rings is 1. The Hall–Kier alpha value is -8.15. The lowest BCUT2D eigenvalue weighted by Gasteiger charge is -2.27. The van der Waals surface area contributed by atoms with Crippen molar-refractivity contribution in [2.24, 2.45) is 23.5 Å². The van der Waals surface area contributed by atoms with E-state index in [1.165, 1.54) is 19.4 Å². The molecule has 2 aromatic carbocycles. The number of amides is 8.